The number of amides is 1. The zero-order valence-electron chi connectivity index (χ0n) is 17.5. The number of rotatable bonds is 7. The first kappa shape index (κ1) is 21.1. The molecule has 0 aliphatic carbocycles. The molecule has 7 heteroatoms. The van der Waals surface area contributed by atoms with Crippen LogP contribution in [0.1, 0.15) is 24.2 Å². The van der Waals surface area contributed by atoms with Gasteiger partial charge in [0.15, 0.2) is 6.61 Å². The average Bonchev–Trinajstić information content (AvgIpc) is 3.23. The maximum Gasteiger partial charge on any atom is 0.342 e. The maximum atomic E-state index is 12.9. The normalized spacial score (nSPS) is 10.7. The Hall–Kier alpha value is -3.61. The minimum atomic E-state index is -0.611. The number of ether oxygens (including phenoxy) is 2. The van der Waals surface area contributed by atoms with Crippen molar-refractivity contribution in [1.29, 1.82) is 0 Å². The van der Waals surface area contributed by atoms with E-state index in [1.54, 1.807) is 31.1 Å². The van der Waals surface area contributed by atoms with Crippen molar-refractivity contribution in [1.82, 2.24) is 14.7 Å². The Bertz CT molecular complexity index is 1030. The minimum absolute atomic E-state index is 0.0179. The van der Waals surface area contributed by atoms with Crippen LogP contribution in [0.2, 0.25) is 0 Å². The van der Waals surface area contributed by atoms with Crippen LogP contribution < -0.4 is 4.74 Å². The fraction of sp³-hybridized carbons (Fsp3) is 0.261. The fourth-order valence-corrected chi connectivity index (χ4v) is 2.81. The smallest absolute Gasteiger partial charge is 0.342 e. The molecule has 1 heterocycles. The molecular weight excluding hydrogens is 382 g/mol. The van der Waals surface area contributed by atoms with Gasteiger partial charge in [-0.05, 0) is 38.1 Å². The number of carbonyl (C=O) groups is 2. The van der Waals surface area contributed by atoms with Crippen molar-refractivity contribution < 1.29 is 19.1 Å². The first-order valence-corrected chi connectivity index (χ1v) is 9.63. The van der Waals surface area contributed by atoms with E-state index < -0.39 is 5.97 Å². The van der Waals surface area contributed by atoms with Crippen LogP contribution >= 0.6 is 0 Å². The van der Waals surface area contributed by atoms with E-state index in [4.69, 9.17) is 9.47 Å². The lowest BCUT2D eigenvalue weighted by molar-refractivity contribution is -0.134. The first-order valence-electron chi connectivity index (χ1n) is 9.63. The molecule has 0 N–H and O–H groups in total. The van der Waals surface area contributed by atoms with E-state index >= 15 is 0 Å². The number of benzene rings is 2. The molecule has 0 fully saturated rings. The Morgan fingerprint density at radius 2 is 1.83 bits per heavy atom. The Morgan fingerprint density at radius 1 is 1.10 bits per heavy atom. The summed E-state index contributed by atoms with van der Waals surface area (Å²) in [7, 11) is 3.25. The van der Waals surface area contributed by atoms with Gasteiger partial charge in [-0.15, -0.1) is 0 Å². The van der Waals surface area contributed by atoms with Crippen LogP contribution in [0.15, 0.2) is 60.8 Å². The molecule has 0 bridgehead atoms. The highest BCUT2D eigenvalue weighted by Gasteiger charge is 2.22. The van der Waals surface area contributed by atoms with Crippen LogP contribution in [0.5, 0.6) is 5.75 Å². The Kier molecular flexibility index (Phi) is 6.51. The van der Waals surface area contributed by atoms with Crippen molar-refractivity contribution in [2.24, 2.45) is 0 Å². The van der Waals surface area contributed by atoms with E-state index in [0.717, 1.165) is 5.69 Å². The quantitative estimate of drug-likeness (QED) is 0.560. The summed E-state index contributed by atoms with van der Waals surface area (Å²) in [6, 6.07) is 16.8. The van der Waals surface area contributed by atoms with E-state index in [1.165, 1.54) is 4.90 Å². The Labute approximate surface area is 175 Å². The summed E-state index contributed by atoms with van der Waals surface area (Å²) in [6.45, 7) is 3.45. The number of hydrogen-bond donors (Lipinski definition) is 0. The molecule has 3 rings (SSSR count). The highest BCUT2D eigenvalue weighted by Crippen LogP contribution is 2.27. The van der Waals surface area contributed by atoms with Gasteiger partial charge < -0.3 is 14.4 Å². The fourth-order valence-electron chi connectivity index (χ4n) is 2.81. The minimum Gasteiger partial charge on any atom is -0.497 e. The third-order valence-corrected chi connectivity index (χ3v) is 4.79. The zero-order valence-corrected chi connectivity index (χ0v) is 17.5. The molecule has 2 aromatic carbocycles. The Morgan fingerprint density at radius 3 is 2.50 bits per heavy atom. The highest BCUT2D eigenvalue weighted by atomic mass is 16.5. The first-order chi connectivity index (χ1) is 14.4. The predicted molar refractivity (Wildman–Crippen MR) is 114 cm³/mol. The number of likely N-dealkylation sites (N-methyl/N-ethyl adjacent to an activating group) is 1. The van der Waals surface area contributed by atoms with Crippen molar-refractivity contribution in [2.45, 2.75) is 19.9 Å². The van der Waals surface area contributed by atoms with E-state index in [0.29, 0.717) is 17.0 Å². The molecule has 0 aliphatic heterocycles. The molecule has 156 valence electrons. The second kappa shape index (κ2) is 9.26. The Balaban J connectivity index is 1.94. The summed E-state index contributed by atoms with van der Waals surface area (Å²) < 4.78 is 12.2. The van der Waals surface area contributed by atoms with Gasteiger partial charge in [0.2, 0.25) is 0 Å². The monoisotopic (exact) mass is 407 g/mol. The van der Waals surface area contributed by atoms with Gasteiger partial charge in [0.1, 0.15) is 17.0 Å². The average molecular weight is 407 g/mol. The number of hydrogen-bond acceptors (Lipinski definition) is 5. The van der Waals surface area contributed by atoms with Gasteiger partial charge in [0.25, 0.3) is 5.91 Å². The van der Waals surface area contributed by atoms with Crippen molar-refractivity contribution in [3.8, 4) is 22.7 Å². The summed E-state index contributed by atoms with van der Waals surface area (Å²) in [4.78, 5) is 26.6. The molecule has 0 radical (unpaired) electrons. The number of nitrogens with zero attached hydrogens (tertiary/aromatic N) is 3. The summed E-state index contributed by atoms with van der Waals surface area (Å²) in [5.41, 5.74) is 2.23. The number of aromatic nitrogens is 2. The van der Waals surface area contributed by atoms with Gasteiger partial charge in [-0.1, -0.05) is 30.3 Å². The lowest BCUT2D eigenvalue weighted by Gasteiger charge is -2.21. The maximum absolute atomic E-state index is 12.9. The van der Waals surface area contributed by atoms with Crippen LogP contribution in [-0.4, -0.2) is 53.4 Å². The SMILES string of the molecule is COc1cccc(-c2nn(-c3ccccc3)cc2C(=O)OCC(=O)N(C)C(C)C)c1. The van der Waals surface area contributed by atoms with Crippen LogP contribution in [0.4, 0.5) is 0 Å². The standard InChI is InChI=1S/C23H25N3O4/c1-16(2)25(3)21(27)15-30-23(28)20-14-26(18-10-6-5-7-11-18)24-22(20)17-9-8-12-19(13-17)29-4/h5-14,16H,15H2,1-4H3. The molecular formula is C23H25N3O4. The van der Waals surface area contributed by atoms with E-state index in [-0.39, 0.29) is 24.1 Å². The van der Waals surface area contributed by atoms with E-state index in [1.807, 2.05) is 62.4 Å². The van der Waals surface area contributed by atoms with Crippen molar-refractivity contribution >= 4 is 11.9 Å². The molecule has 0 atom stereocenters. The van der Waals surface area contributed by atoms with E-state index in [2.05, 4.69) is 5.10 Å². The third kappa shape index (κ3) is 4.68. The molecule has 3 aromatic rings. The summed E-state index contributed by atoms with van der Waals surface area (Å²) in [6.07, 6.45) is 1.61. The lowest BCUT2D eigenvalue weighted by Crippen LogP contribution is -2.36. The predicted octanol–water partition coefficient (Wildman–Crippen LogP) is 3.57. The number of methoxy groups -OCH3 is 1. The summed E-state index contributed by atoms with van der Waals surface area (Å²) in [5.74, 6) is -0.230. The number of carbonyl (C=O) groups excluding carboxylic acids is 2. The molecule has 0 saturated carbocycles. The number of para-hydroxylation sites is 1. The topological polar surface area (TPSA) is 73.7 Å². The van der Waals surface area contributed by atoms with Crippen molar-refractivity contribution in [3.63, 3.8) is 0 Å². The molecule has 1 amide bonds. The lowest BCUT2D eigenvalue weighted by atomic mass is 10.1. The summed E-state index contributed by atoms with van der Waals surface area (Å²) >= 11 is 0. The van der Waals surface area contributed by atoms with Gasteiger partial charge in [-0.2, -0.15) is 5.10 Å². The molecule has 0 saturated heterocycles. The molecule has 0 spiro atoms. The second-order valence-corrected chi connectivity index (χ2v) is 7.08. The van der Waals surface area contributed by atoms with Crippen molar-refractivity contribution in [2.75, 3.05) is 20.8 Å². The van der Waals surface area contributed by atoms with Crippen LogP contribution in [0.3, 0.4) is 0 Å². The molecule has 1 aromatic heterocycles. The molecule has 30 heavy (non-hydrogen) atoms. The second-order valence-electron chi connectivity index (χ2n) is 7.08. The number of esters is 1. The van der Waals surface area contributed by atoms with Gasteiger partial charge in [-0.25, -0.2) is 9.48 Å². The molecule has 7 nitrogen and oxygen atoms in total. The van der Waals surface area contributed by atoms with Gasteiger partial charge in [-0.3, -0.25) is 4.79 Å². The summed E-state index contributed by atoms with van der Waals surface area (Å²) in [5, 5.41) is 4.60. The van der Waals surface area contributed by atoms with Gasteiger partial charge in [0, 0.05) is 24.8 Å². The van der Waals surface area contributed by atoms with Crippen LogP contribution in [0.25, 0.3) is 16.9 Å². The van der Waals surface area contributed by atoms with Gasteiger partial charge in [0.05, 0.1) is 12.8 Å². The van der Waals surface area contributed by atoms with Crippen LogP contribution in [-0.2, 0) is 9.53 Å². The van der Waals surface area contributed by atoms with Gasteiger partial charge >= 0.3 is 5.97 Å². The van der Waals surface area contributed by atoms with Crippen molar-refractivity contribution in [3.05, 3.63) is 66.4 Å². The van der Waals surface area contributed by atoms with Crippen LogP contribution in [0, 0.1) is 0 Å². The zero-order chi connectivity index (χ0) is 21.7. The van der Waals surface area contributed by atoms with E-state index in [9.17, 15) is 9.59 Å². The molecule has 0 unspecified atom stereocenters. The third-order valence-electron chi connectivity index (χ3n) is 4.79. The molecule has 0 aliphatic rings. The highest BCUT2D eigenvalue weighted by molar-refractivity contribution is 5.97. The largest absolute Gasteiger partial charge is 0.497 e.